The van der Waals surface area contributed by atoms with E-state index < -0.39 is 13.5 Å². The molecule has 0 unspecified atom stereocenters. The Balaban J connectivity index is 3.10. The Morgan fingerprint density at radius 2 is 0.639 bits per heavy atom. The molecule has 0 radical (unpaired) electrons. The first-order valence-electron chi connectivity index (χ1n) is 16.3. The van der Waals surface area contributed by atoms with E-state index in [1.807, 2.05) is 0 Å². The maximum Gasteiger partial charge on any atom is 0.226 e. The highest BCUT2D eigenvalue weighted by molar-refractivity contribution is 5.75. The molecular weight excluding hydrogens is 446 g/mol. The molecule has 0 heterocycles. The zero-order valence-electron chi connectivity index (χ0n) is 24.5. The van der Waals surface area contributed by atoms with Crippen molar-refractivity contribution in [1.82, 2.24) is 4.90 Å². The molecule has 2 N–H and O–H groups in total. The van der Waals surface area contributed by atoms with Gasteiger partial charge in [-0.1, -0.05) is 174 Å². The van der Waals surface area contributed by atoms with E-state index in [0.29, 0.717) is 6.42 Å². The average molecular weight is 512 g/mol. The van der Waals surface area contributed by atoms with Gasteiger partial charge in [-0.3, -0.25) is 9.69 Å². The van der Waals surface area contributed by atoms with Crippen LogP contribution >= 0.6 is 0 Å². The van der Waals surface area contributed by atoms with Crippen LogP contribution in [0.15, 0.2) is 0 Å². The third kappa shape index (κ3) is 26.5. The fourth-order valence-corrected chi connectivity index (χ4v) is 5.13. The molecule has 1 amide bonds. The van der Waals surface area contributed by atoms with Crippen LogP contribution in [0.2, 0.25) is 0 Å². The zero-order valence-corrected chi connectivity index (χ0v) is 24.5. The number of unbranched alkanes of at least 4 members (excludes halogenated alkanes) is 26. The van der Waals surface area contributed by atoms with Gasteiger partial charge >= 0.3 is 0 Å². The minimum Gasteiger partial charge on any atom is -0.376 e. The van der Waals surface area contributed by atoms with E-state index in [2.05, 4.69) is 6.92 Å². The summed E-state index contributed by atoms with van der Waals surface area (Å²) >= 11 is 0. The van der Waals surface area contributed by atoms with Gasteiger partial charge in [-0.05, 0) is 6.42 Å². The normalized spacial score (nSPS) is 11.3. The van der Waals surface area contributed by atoms with E-state index in [4.69, 9.17) is 10.2 Å². The Kier molecular flexibility index (Phi) is 30.1. The highest BCUT2D eigenvalue weighted by Crippen LogP contribution is 2.16. The molecule has 0 bridgehead atoms. The smallest absolute Gasteiger partial charge is 0.226 e. The molecule has 0 aromatic rings. The molecule has 0 saturated heterocycles. The highest BCUT2D eigenvalue weighted by atomic mass is 16.3. The molecular formula is C32H65NO3. The molecule has 0 aromatic carbocycles. The van der Waals surface area contributed by atoms with Crippen molar-refractivity contribution in [1.29, 1.82) is 0 Å². The van der Waals surface area contributed by atoms with Gasteiger partial charge < -0.3 is 10.2 Å². The molecule has 0 aromatic heterocycles. The lowest BCUT2D eigenvalue weighted by Crippen LogP contribution is -2.32. The first-order valence-corrected chi connectivity index (χ1v) is 16.3. The molecule has 0 fully saturated rings. The summed E-state index contributed by atoms with van der Waals surface area (Å²) in [5, 5.41) is 17.9. The summed E-state index contributed by atoms with van der Waals surface area (Å²) in [6.07, 6.45) is 37.7. The first kappa shape index (κ1) is 35.4. The largest absolute Gasteiger partial charge is 0.376 e. The Labute approximate surface area is 226 Å². The van der Waals surface area contributed by atoms with E-state index in [0.717, 1.165) is 17.7 Å². The van der Waals surface area contributed by atoms with Crippen LogP contribution in [0.5, 0.6) is 0 Å². The standard InChI is InChI=1S/C32H65NO3/c1-2-3-4-5-6-7-8-9-10-11-12-13-14-15-16-17-18-19-20-21-22-23-24-25-26-27-28-29-32(36)33(30-34)31-35/h34-35H,2-31H2,1H3. The van der Waals surface area contributed by atoms with Gasteiger partial charge in [0.25, 0.3) is 0 Å². The second kappa shape index (κ2) is 30.6. The lowest BCUT2D eigenvalue weighted by Gasteiger charge is -2.16. The number of carbonyl (C=O) groups is 1. The van der Waals surface area contributed by atoms with Gasteiger partial charge in [0.2, 0.25) is 5.91 Å². The maximum atomic E-state index is 11.7. The molecule has 4 heteroatoms. The average Bonchev–Trinajstić information content (AvgIpc) is 2.89. The minimum absolute atomic E-state index is 0.153. The summed E-state index contributed by atoms with van der Waals surface area (Å²) in [4.78, 5) is 12.7. The van der Waals surface area contributed by atoms with Crippen LogP contribution in [0.4, 0.5) is 0 Å². The first-order chi connectivity index (χ1) is 17.8. The topological polar surface area (TPSA) is 60.8 Å². The zero-order chi connectivity index (χ0) is 26.4. The number of rotatable bonds is 30. The number of aliphatic hydroxyl groups excluding tert-OH is 2. The summed E-state index contributed by atoms with van der Waals surface area (Å²) < 4.78 is 0. The Bertz CT molecular complexity index is 426. The lowest BCUT2D eigenvalue weighted by molar-refractivity contribution is -0.139. The van der Waals surface area contributed by atoms with Crippen molar-refractivity contribution >= 4 is 5.91 Å². The van der Waals surface area contributed by atoms with Gasteiger partial charge in [-0.15, -0.1) is 0 Å². The minimum atomic E-state index is -0.394. The maximum absolute atomic E-state index is 11.7. The van der Waals surface area contributed by atoms with Crippen molar-refractivity contribution < 1.29 is 15.0 Å². The van der Waals surface area contributed by atoms with Crippen LogP contribution in [0, 0.1) is 0 Å². The summed E-state index contributed by atoms with van der Waals surface area (Å²) in [5.74, 6) is -0.153. The van der Waals surface area contributed by atoms with Crippen LogP contribution in [-0.2, 0) is 4.79 Å². The molecule has 0 spiro atoms. The molecule has 36 heavy (non-hydrogen) atoms. The highest BCUT2D eigenvalue weighted by Gasteiger charge is 2.09. The molecule has 4 nitrogen and oxygen atoms in total. The molecule has 216 valence electrons. The summed E-state index contributed by atoms with van der Waals surface area (Å²) in [7, 11) is 0. The van der Waals surface area contributed by atoms with Crippen molar-refractivity contribution in [2.45, 2.75) is 187 Å². The van der Waals surface area contributed by atoms with E-state index in [9.17, 15) is 4.79 Å². The fourth-order valence-electron chi connectivity index (χ4n) is 5.13. The Morgan fingerprint density at radius 1 is 0.417 bits per heavy atom. The molecule has 0 aliphatic carbocycles. The SMILES string of the molecule is CCCCCCCCCCCCCCCCCCCCCCCCCCCCCC(=O)N(CO)CO. The predicted molar refractivity (Wildman–Crippen MR) is 156 cm³/mol. The van der Waals surface area contributed by atoms with Crippen molar-refractivity contribution in [3.63, 3.8) is 0 Å². The van der Waals surface area contributed by atoms with Crippen LogP contribution in [0.1, 0.15) is 187 Å². The second-order valence-electron chi connectivity index (χ2n) is 11.2. The van der Waals surface area contributed by atoms with Gasteiger partial charge in [-0.25, -0.2) is 0 Å². The predicted octanol–water partition coefficient (Wildman–Crippen LogP) is 9.66. The van der Waals surface area contributed by atoms with Crippen molar-refractivity contribution in [2.24, 2.45) is 0 Å². The third-order valence-corrected chi connectivity index (χ3v) is 7.69. The molecule has 0 aliphatic rings. The number of nitrogens with zero attached hydrogens (tertiary/aromatic N) is 1. The number of hydrogen-bond acceptors (Lipinski definition) is 3. The number of hydrogen-bond donors (Lipinski definition) is 2. The van der Waals surface area contributed by atoms with Crippen molar-refractivity contribution in [3.8, 4) is 0 Å². The number of aliphatic hydroxyl groups is 2. The van der Waals surface area contributed by atoms with E-state index >= 15 is 0 Å². The van der Waals surface area contributed by atoms with Gasteiger partial charge in [-0.2, -0.15) is 0 Å². The fraction of sp³-hybridized carbons (Fsp3) is 0.969. The quantitative estimate of drug-likeness (QED) is 0.0745. The van der Waals surface area contributed by atoms with Gasteiger partial charge in [0.15, 0.2) is 0 Å². The van der Waals surface area contributed by atoms with Gasteiger partial charge in [0.1, 0.15) is 13.5 Å². The monoisotopic (exact) mass is 511 g/mol. The van der Waals surface area contributed by atoms with Crippen LogP contribution in [0.3, 0.4) is 0 Å². The van der Waals surface area contributed by atoms with E-state index in [-0.39, 0.29) is 5.91 Å². The van der Waals surface area contributed by atoms with Crippen molar-refractivity contribution in [2.75, 3.05) is 13.5 Å². The lowest BCUT2D eigenvalue weighted by atomic mass is 10.0. The van der Waals surface area contributed by atoms with Crippen LogP contribution < -0.4 is 0 Å². The van der Waals surface area contributed by atoms with Crippen LogP contribution in [0.25, 0.3) is 0 Å². The summed E-state index contributed by atoms with van der Waals surface area (Å²) in [6, 6.07) is 0. The Morgan fingerprint density at radius 3 is 0.861 bits per heavy atom. The van der Waals surface area contributed by atoms with Gasteiger partial charge in [0.05, 0.1) is 0 Å². The van der Waals surface area contributed by atoms with E-state index in [1.165, 1.54) is 161 Å². The van der Waals surface area contributed by atoms with Crippen molar-refractivity contribution in [3.05, 3.63) is 0 Å². The van der Waals surface area contributed by atoms with Gasteiger partial charge in [0, 0.05) is 6.42 Å². The third-order valence-electron chi connectivity index (χ3n) is 7.69. The summed E-state index contributed by atoms with van der Waals surface area (Å²) in [5.41, 5.74) is 0. The second-order valence-corrected chi connectivity index (χ2v) is 11.2. The molecule has 0 rings (SSSR count). The summed E-state index contributed by atoms with van der Waals surface area (Å²) in [6.45, 7) is 1.51. The number of amides is 1. The van der Waals surface area contributed by atoms with Crippen LogP contribution in [-0.4, -0.2) is 34.5 Å². The molecule has 0 atom stereocenters. The molecule has 0 saturated carbocycles. The molecule has 0 aliphatic heterocycles. The Hall–Kier alpha value is -0.610. The van der Waals surface area contributed by atoms with E-state index in [1.54, 1.807) is 0 Å². The number of carbonyl (C=O) groups excluding carboxylic acids is 1.